The van der Waals surface area contributed by atoms with Gasteiger partial charge in [0.2, 0.25) is 41.4 Å². The second-order valence-electron chi connectivity index (χ2n) is 12.7. The van der Waals surface area contributed by atoms with Crippen LogP contribution in [0.1, 0.15) is 72.1 Å². The molecule has 306 valence electrons. The number of nitrogens with two attached hydrogens (primary N) is 5. The number of rotatable bonds is 27. The summed E-state index contributed by atoms with van der Waals surface area (Å²) in [5.41, 5.74) is 27.2. The van der Waals surface area contributed by atoms with Crippen LogP contribution >= 0.6 is 0 Å². The molecule has 0 aliphatic heterocycles. The quantitative estimate of drug-likeness (QED) is 0.0210. The van der Waals surface area contributed by atoms with Crippen molar-refractivity contribution in [2.75, 3.05) is 19.6 Å². The fourth-order valence-corrected chi connectivity index (χ4v) is 4.62. The van der Waals surface area contributed by atoms with Gasteiger partial charge in [0.15, 0.2) is 5.96 Å². The molecular weight excluding hydrogens is 716 g/mol. The fourth-order valence-electron chi connectivity index (χ4n) is 4.62. The summed E-state index contributed by atoms with van der Waals surface area (Å²) < 4.78 is 0. The van der Waals surface area contributed by atoms with E-state index in [0.29, 0.717) is 19.4 Å². The average molecular weight is 773 g/mol. The average Bonchev–Trinajstić information content (AvgIpc) is 3.07. The van der Waals surface area contributed by atoms with E-state index in [9.17, 15) is 53.4 Å². The van der Waals surface area contributed by atoms with Crippen molar-refractivity contribution in [1.29, 1.82) is 0 Å². The molecule has 54 heavy (non-hydrogen) atoms. The van der Waals surface area contributed by atoms with Crippen LogP contribution in [0.4, 0.5) is 0 Å². The number of nitrogens with one attached hydrogen (secondary N) is 6. The number of guanidine groups is 1. The Morgan fingerprint density at radius 3 is 1.65 bits per heavy atom. The van der Waals surface area contributed by atoms with Crippen LogP contribution in [0.5, 0.6) is 0 Å². The maximum Gasteiger partial charge on any atom is 0.326 e. The van der Waals surface area contributed by atoms with Gasteiger partial charge in [0, 0.05) is 13.0 Å². The van der Waals surface area contributed by atoms with Crippen molar-refractivity contribution < 1.29 is 53.4 Å². The highest BCUT2D eigenvalue weighted by Crippen LogP contribution is 2.07. The molecule has 0 aromatic carbocycles. The maximum absolute atomic E-state index is 13.5. The van der Waals surface area contributed by atoms with Gasteiger partial charge in [0.05, 0.1) is 19.0 Å². The molecular formula is C31H56N12O11. The lowest BCUT2D eigenvalue weighted by atomic mass is 10.0. The second-order valence-corrected chi connectivity index (χ2v) is 12.7. The predicted octanol–water partition coefficient (Wildman–Crippen LogP) is -5.46. The van der Waals surface area contributed by atoms with Crippen molar-refractivity contribution in [1.82, 2.24) is 31.9 Å². The first-order valence-corrected chi connectivity index (χ1v) is 17.2. The van der Waals surface area contributed by atoms with Crippen molar-refractivity contribution in [3.63, 3.8) is 0 Å². The lowest BCUT2D eigenvalue weighted by Crippen LogP contribution is -2.58. The minimum atomic E-state index is -1.71. The van der Waals surface area contributed by atoms with E-state index in [4.69, 9.17) is 28.7 Å². The highest BCUT2D eigenvalue weighted by atomic mass is 16.4. The first-order chi connectivity index (χ1) is 25.2. The number of primary amides is 1. The Bertz CT molecular complexity index is 1350. The Morgan fingerprint density at radius 1 is 0.648 bits per heavy atom. The largest absolute Gasteiger partial charge is 0.481 e. The van der Waals surface area contributed by atoms with Crippen molar-refractivity contribution in [2.24, 2.45) is 39.6 Å². The van der Waals surface area contributed by atoms with Gasteiger partial charge in [-0.15, -0.1) is 0 Å². The predicted molar refractivity (Wildman–Crippen MR) is 192 cm³/mol. The number of unbranched alkanes of at least 4 members (excludes halogenated alkanes) is 1. The molecule has 0 aromatic rings. The number of carbonyl (C=O) groups is 9. The molecule has 0 aliphatic carbocycles. The number of carboxylic acid groups (broad SMARTS) is 2. The molecule has 23 nitrogen and oxygen atoms in total. The van der Waals surface area contributed by atoms with Crippen LogP contribution in [-0.2, 0) is 43.2 Å². The van der Waals surface area contributed by atoms with Crippen LogP contribution in [0.15, 0.2) is 4.99 Å². The molecule has 0 saturated heterocycles. The lowest BCUT2D eigenvalue weighted by Gasteiger charge is -2.26. The highest BCUT2D eigenvalue weighted by molar-refractivity contribution is 5.97. The van der Waals surface area contributed by atoms with E-state index in [-0.39, 0.29) is 44.6 Å². The van der Waals surface area contributed by atoms with E-state index in [0.717, 1.165) is 0 Å². The van der Waals surface area contributed by atoms with Gasteiger partial charge in [0.1, 0.15) is 30.2 Å². The van der Waals surface area contributed by atoms with Crippen molar-refractivity contribution in [3.05, 3.63) is 0 Å². The third kappa shape index (κ3) is 20.5. The van der Waals surface area contributed by atoms with Crippen LogP contribution in [0, 0.1) is 5.92 Å². The number of aliphatic imine (C=N–C) groups is 1. The summed E-state index contributed by atoms with van der Waals surface area (Å²) in [4.78, 5) is 116. The summed E-state index contributed by atoms with van der Waals surface area (Å²) in [5, 5.41) is 32.6. The Labute approximate surface area is 312 Å². The zero-order chi connectivity index (χ0) is 41.5. The normalized spacial score (nSPS) is 14.1. The molecule has 0 unspecified atom stereocenters. The minimum Gasteiger partial charge on any atom is -0.481 e. The van der Waals surface area contributed by atoms with E-state index < -0.39 is 108 Å². The number of amides is 7. The first-order valence-electron chi connectivity index (χ1n) is 17.2. The Hall–Kier alpha value is -5.58. The molecule has 0 fully saturated rings. The summed E-state index contributed by atoms with van der Waals surface area (Å²) >= 11 is 0. The van der Waals surface area contributed by atoms with Gasteiger partial charge < -0.3 is 70.8 Å². The first kappa shape index (κ1) is 48.4. The summed E-state index contributed by atoms with van der Waals surface area (Å²) in [5.74, 6) is -9.94. The van der Waals surface area contributed by atoms with Gasteiger partial charge in [-0.2, -0.15) is 0 Å². The molecule has 0 spiro atoms. The van der Waals surface area contributed by atoms with Gasteiger partial charge in [-0.25, -0.2) is 4.79 Å². The molecule has 0 aliphatic rings. The fraction of sp³-hybridized carbons (Fsp3) is 0.677. The molecule has 0 heterocycles. The third-order valence-corrected chi connectivity index (χ3v) is 7.57. The van der Waals surface area contributed by atoms with Gasteiger partial charge in [-0.1, -0.05) is 13.8 Å². The molecule has 0 bridgehead atoms. The van der Waals surface area contributed by atoms with Gasteiger partial charge in [-0.05, 0) is 57.9 Å². The maximum atomic E-state index is 13.5. The van der Waals surface area contributed by atoms with E-state index in [2.05, 4.69) is 36.9 Å². The molecule has 0 radical (unpaired) electrons. The van der Waals surface area contributed by atoms with Gasteiger partial charge in [0.25, 0.3) is 0 Å². The van der Waals surface area contributed by atoms with Crippen molar-refractivity contribution in [2.45, 2.75) is 108 Å². The van der Waals surface area contributed by atoms with Crippen molar-refractivity contribution >= 4 is 59.2 Å². The Balaban J connectivity index is 6.08. The number of carboxylic acids is 2. The van der Waals surface area contributed by atoms with Crippen molar-refractivity contribution in [3.8, 4) is 0 Å². The molecule has 7 amide bonds. The molecule has 6 atom stereocenters. The van der Waals surface area contributed by atoms with Crippen LogP contribution in [-0.4, -0.2) is 125 Å². The van der Waals surface area contributed by atoms with Crippen LogP contribution in [0.25, 0.3) is 0 Å². The standard InChI is InChI=1S/C31H56N12O11/c1-15(2)24(30(53)54)43-29(52)20(13-23(46)47)39-22(45)14-38-26(49)17(8-6-12-37-31(35)36)41-28(51)19(9-10-21(34)44)42-27(50)18(7-4-5-11-32)40-25(48)16(3)33/h15-20,24H,4-14,32-33H2,1-3H3,(H2,34,44)(H,38,49)(H,39,45)(H,40,48)(H,41,51)(H,42,50)(H,43,52)(H,46,47)(H,53,54)(H4,35,36,37)/t16-,17-,18-,19-,20-,24-/m0/s1. The van der Waals surface area contributed by atoms with E-state index in [1.807, 2.05) is 0 Å². The highest BCUT2D eigenvalue weighted by Gasteiger charge is 2.32. The molecule has 0 rings (SSSR count). The Kier molecular flexibility index (Phi) is 22.8. The second kappa shape index (κ2) is 25.4. The zero-order valence-electron chi connectivity index (χ0n) is 30.7. The van der Waals surface area contributed by atoms with Crippen LogP contribution in [0.2, 0.25) is 0 Å². The molecule has 0 aromatic heterocycles. The topological polar surface area (TPSA) is 409 Å². The summed E-state index contributed by atoms with van der Waals surface area (Å²) in [7, 11) is 0. The van der Waals surface area contributed by atoms with Gasteiger partial charge in [-0.3, -0.25) is 43.3 Å². The number of hydrogen-bond donors (Lipinski definition) is 13. The third-order valence-electron chi connectivity index (χ3n) is 7.57. The lowest BCUT2D eigenvalue weighted by molar-refractivity contribution is -0.144. The molecule has 18 N–H and O–H groups in total. The van der Waals surface area contributed by atoms with E-state index in [1.54, 1.807) is 0 Å². The monoisotopic (exact) mass is 772 g/mol. The van der Waals surface area contributed by atoms with E-state index >= 15 is 0 Å². The number of aliphatic carboxylic acids is 2. The number of carbonyl (C=O) groups excluding carboxylic acids is 7. The smallest absolute Gasteiger partial charge is 0.326 e. The molecule has 23 heteroatoms. The minimum absolute atomic E-state index is 0.0216. The van der Waals surface area contributed by atoms with Crippen LogP contribution < -0.4 is 60.6 Å². The zero-order valence-corrected chi connectivity index (χ0v) is 30.7. The number of nitrogens with zero attached hydrogens (tertiary/aromatic N) is 1. The Morgan fingerprint density at radius 2 is 1.17 bits per heavy atom. The molecule has 0 saturated carbocycles. The van der Waals surface area contributed by atoms with Gasteiger partial charge >= 0.3 is 11.9 Å². The summed E-state index contributed by atoms with van der Waals surface area (Å²) in [6.45, 7) is 3.94. The summed E-state index contributed by atoms with van der Waals surface area (Å²) in [6.07, 6.45) is -0.491. The van der Waals surface area contributed by atoms with E-state index in [1.165, 1.54) is 20.8 Å². The van der Waals surface area contributed by atoms with Crippen LogP contribution in [0.3, 0.4) is 0 Å². The number of hydrogen-bond acceptors (Lipinski definition) is 12. The SMILES string of the molecule is CC(C)[C@H](NC(=O)[C@H](CC(=O)O)NC(=O)CNC(=O)[C@H](CCCN=C(N)N)NC(=O)[C@H](CCC(N)=O)NC(=O)[C@H](CCCCN)NC(=O)[C@H](C)N)C(=O)O. The summed E-state index contributed by atoms with van der Waals surface area (Å²) in [6, 6.07) is -8.04.